The molecule has 1 aromatic carbocycles. The van der Waals surface area contributed by atoms with Crippen molar-refractivity contribution < 1.29 is 22.0 Å². The van der Waals surface area contributed by atoms with Crippen LogP contribution >= 0.6 is 0 Å². The van der Waals surface area contributed by atoms with E-state index >= 15 is 0 Å². The van der Waals surface area contributed by atoms with Crippen LogP contribution in [0.1, 0.15) is 25.7 Å². The van der Waals surface area contributed by atoms with Gasteiger partial charge in [-0.3, -0.25) is 9.52 Å². The number of aromatic nitrogens is 1. The van der Waals surface area contributed by atoms with Crippen LogP contribution in [0.3, 0.4) is 0 Å². The van der Waals surface area contributed by atoms with Gasteiger partial charge < -0.3 is 10.2 Å². The number of benzene rings is 1. The number of hydrogen-bond donors (Lipinski definition) is 2. The fraction of sp³-hybridized carbons (Fsp3) is 0.368. The number of carbonyl (C=O) groups is 1. The number of anilines is 2. The van der Waals surface area contributed by atoms with E-state index in [0.717, 1.165) is 56.7 Å². The van der Waals surface area contributed by atoms with E-state index < -0.39 is 21.7 Å². The maximum atomic E-state index is 13.2. The fourth-order valence-corrected chi connectivity index (χ4v) is 4.01. The quantitative estimate of drug-likeness (QED) is 0.713. The topological polar surface area (TPSA) is 91.4 Å². The number of nitrogens with one attached hydrogen (secondary N) is 2. The first-order chi connectivity index (χ1) is 13.8. The average molecular weight is 424 g/mol. The fourth-order valence-electron chi connectivity index (χ4n) is 3.02. The van der Waals surface area contributed by atoms with Gasteiger partial charge in [-0.1, -0.05) is 0 Å². The molecule has 0 saturated carbocycles. The molecule has 1 saturated heterocycles. The lowest BCUT2D eigenvalue weighted by molar-refractivity contribution is -0.131. The van der Waals surface area contributed by atoms with E-state index in [0.29, 0.717) is 18.8 Å². The average Bonchev–Trinajstić information content (AvgIpc) is 2.71. The van der Waals surface area contributed by atoms with Gasteiger partial charge in [0.1, 0.15) is 10.7 Å². The Labute approximate surface area is 168 Å². The number of hydrogen-bond acceptors (Lipinski definition) is 5. The predicted octanol–water partition coefficient (Wildman–Crippen LogP) is 2.98. The third-order valence-corrected chi connectivity index (χ3v) is 5.94. The molecule has 1 fully saturated rings. The molecule has 2 heterocycles. The highest BCUT2D eigenvalue weighted by Crippen LogP contribution is 2.19. The Morgan fingerprint density at radius 3 is 2.48 bits per heavy atom. The van der Waals surface area contributed by atoms with Gasteiger partial charge in [-0.15, -0.1) is 0 Å². The van der Waals surface area contributed by atoms with Crippen molar-refractivity contribution in [1.29, 1.82) is 0 Å². The van der Waals surface area contributed by atoms with Crippen LogP contribution in [-0.4, -0.2) is 43.8 Å². The standard InChI is InChI=1S/C19H22F2N4O3S/c20-16-6-4-14(12-17(16)21)24-29(27,28)15-5-7-18(23-13-15)22-9-8-19(26)25-10-2-1-3-11-25/h4-7,12-13,24H,1-3,8-11H2,(H,22,23). The molecule has 1 amide bonds. The zero-order valence-electron chi connectivity index (χ0n) is 15.7. The molecule has 1 aliphatic heterocycles. The number of pyridine rings is 1. The van der Waals surface area contributed by atoms with E-state index in [1.54, 1.807) is 0 Å². The molecule has 0 bridgehead atoms. The smallest absolute Gasteiger partial charge is 0.263 e. The van der Waals surface area contributed by atoms with E-state index in [-0.39, 0.29) is 16.5 Å². The predicted molar refractivity (Wildman–Crippen MR) is 105 cm³/mol. The monoisotopic (exact) mass is 424 g/mol. The summed E-state index contributed by atoms with van der Waals surface area (Å²) in [5, 5.41) is 2.99. The molecule has 3 rings (SSSR count). The van der Waals surface area contributed by atoms with E-state index in [1.807, 2.05) is 4.90 Å². The van der Waals surface area contributed by atoms with Gasteiger partial charge in [-0.05, 0) is 43.5 Å². The Balaban J connectivity index is 1.54. The number of nitrogens with zero attached hydrogens (tertiary/aromatic N) is 2. The highest BCUT2D eigenvalue weighted by Gasteiger charge is 2.17. The first kappa shape index (κ1) is 21.0. The first-order valence-electron chi connectivity index (χ1n) is 9.31. The van der Waals surface area contributed by atoms with Gasteiger partial charge in [0, 0.05) is 38.3 Å². The molecule has 0 unspecified atom stereocenters. The van der Waals surface area contributed by atoms with Crippen LogP contribution in [0.2, 0.25) is 0 Å². The molecule has 0 spiro atoms. The van der Waals surface area contributed by atoms with Crippen LogP contribution in [0.5, 0.6) is 0 Å². The second kappa shape index (κ2) is 9.17. The van der Waals surface area contributed by atoms with Crippen molar-refractivity contribution in [2.24, 2.45) is 0 Å². The molecule has 0 radical (unpaired) electrons. The van der Waals surface area contributed by atoms with Gasteiger partial charge in [-0.25, -0.2) is 22.2 Å². The highest BCUT2D eigenvalue weighted by atomic mass is 32.2. The van der Waals surface area contributed by atoms with E-state index in [2.05, 4.69) is 15.0 Å². The number of carbonyl (C=O) groups excluding carboxylic acids is 1. The van der Waals surface area contributed by atoms with Crippen molar-refractivity contribution in [3.05, 3.63) is 48.2 Å². The molecule has 29 heavy (non-hydrogen) atoms. The number of piperidine rings is 1. The van der Waals surface area contributed by atoms with Crippen LogP contribution in [0.15, 0.2) is 41.4 Å². The third kappa shape index (κ3) is 5.63. The lowest BCUT2D eigenvalue weighted by atomic mass is 10.1. The Morgan fingerprint density at radius 1 is 1.07 bits per heavy atom. The molecule has 10 heteroatoms. The minimum Gasteiger partial charge on any atom is -0.370 e. The lowest BCUT2D eigenvalue weighted by Crippen LogP contribution is -2.36. The molecular formula is C19H22F2N4O3S. The van der Waals surface area contributed by atoms with E-state index in [9.17, 15) is 22.0 Å². The number of amides is 1. The Hall–Kier alpha value is -2.75. The number of rotatable bonds is 7. The van der Waals surface area contributed by atoms with Gasteiger partial charge in [-0.2, -0.15) is 0 Å². The van der Waals surface area contributed by atoms with Gasteiger partial charge in [0.2, 0.25) is 5.91 Å². The molecule has 156 valence electrons. The number of sulfonamides is 1. The highest BCUT2D eigenvalue weighted by molar-refractivity contribution is 7.92. The van der Waals surface area contributed by atoms with Crippen molar-refractivity contribution in [3.63, 3.8) is 0 Å². The number of likely N-dealkylation sites (tertiary alicyclic amines) is 1. The summed E-state index contributed by atoms with van der Waals surface area (Å²) in [5.41, 5.74) is -0.0951. The molecule has 2 aromatic rings. The molecule has 2 N–H and O–H groups in total. The summed E-state index contributed by atoms with van der Waals surface area (Å²) in [7, 11) is -4.00. The lowest BCUT2D eigenvalue weighted by Gasteiger charge is -2.26. The van der Waals surface area contributed by atoms with Gasteiger partial charge in [0.05, 0.1) is 5.69 Å². The van der Waals surface area contributed by atoms with Crippen molar-refractivity contribution >= 4 is 27.4 Å². The minimum atomic E-state index is -4.00. The SMILES string of the molecule is O=C(CCNc1ccc(S(=O)(=O)Nc2ccc(F)c(F)c2)cn1)N1CCCCC1. The zero-order valence-corrected chi connectivity index (χ0v) is 16.5. The first-order valence-corrected chi connectivity index (χ1v) is 10.8. The Morgan fingerprint density at radius 2 is 1.83 bits per heavy atom. The van der Waals surface area contributed by atoms with Crippen molar-refractivity contribution in [3.8, 4) is 0 Å². The molecule has 7 nitrogen and oxygen atoms in total. The second-order valence-electron chi connectivity index (χ2n) is 6.73. The molecule has 1 aromatic heterocycles. The van der Waals surface area contributed by atoms with E-state index in [1.165, 1.54) is 12.1 Å². The van der Waals surface area contributed by atoms with Crippen LogP contribution in [0.4, 0.5) is 20.3 Å². The zero-order chi connectivity index (χ0) is 20.9. The normalized spacial score (nSPS) is 14.5. The maximum Gasteiger partial charge on any atom is 0.263 e. The minimum absolute atomic E-state index is 0.0899. The van der Waals surface area contributed by atoms with Crippen LogP contribution in [0, 0.1) is 11.6 Å². The van der Waals surface area contributed by atoms with Crippen molar-refractivity contribution in [1.82, 2.24) is 9.88 Å². The molecule has 1 aliphatic rings. The van der Waals surface area contributed by atoms with E-state index in [4.69, 9.17) is 0 Å². The Kier molecular flexibility index (Phi) is 6.63. The summed E-state index contributed by atoms with van der Waals surface area (Å²) >= 11 is 0. The van der Waals surface area contributed by atoms with Gasteiger partial charge in [0.25, 0.3) is 10.0 Å². The number of halogens is 2. The van der Waals surface area contributed by atoms with Crippen molar-refractivity contribution in [2.75, 3.05) is 29.7 Å². The summed E-state index contributed by atoms with van der Waals surface area (Å²) in [4.78, 5) is 17.9. The van der Waals surface area contributed by atoms with Gasteiger partial charge in [0.15, 0.2) is 11.6 Å². The second-order valence-corrected chi connectivity index (χ2v) is 8.41. The summed E-state index contributed by atoms with van der Waals surface area (Å²) in [6, 6.07) is 5.53. The summed E-state index contributed by atoms with van der Waals surface area (Å²) in [6.07, 6.45) is 4.72. The summed E-state index contributed by atoms with van der Waals surface area (Å²) < 4.78 is 53.1. The largest absolute Gasteiger partial charge is 0.370 e. The molecule has 0 atom stereocenters. The van der Waals surface area contributed by atoms with Crippen molar-refractivity contribution in [2.45, 2.75) is 30.6 Å². The maximum absolute atomic E-state index is 13.2. The molecular weight excluding hydrogens is 402 g/mol. The Bertz CT molecular complexity index is 962. The molecule has 0 aliphatic carbocycles. The third-order valence-electron chi connectivity index (χ3n) is 4.57. The van der Waals surface area contributed by atoms with Crippen LogP contribution in [0.25, 0.3) is 0 Å². The van der Waals surface area contributed by atoms with Gasteiger partial charge >= 0.3 is 0 Å². The summed E-state index contributed by atoms with van der Waals surface area (Å²) in [6.45, 7) is 1.99. The van der Waals surface area contributed by atoms with Crippen LogP contribution < -0.4 is 10.0 Å². The summed E-state index contributed by atoms with van der Waals surface area (Å²) in [5.74, 6) is -1.69. The van der Waals surface area contributed by atoms with Crippen LogP contribution in [-0.2, 0) is 14.8 Å².